The number of aromatic nitrogens is 1. The fourth-order valence-electron chi connectivity index (χ4n) is 2.10. The predicted molar refractivity (Wildman–Crippen MR) is 75.3 cm³/mol. The molecule has 19 heavy (non-hydrogen) atoms. The second-order valence-corrected chi connectivity index (χ2v) is 5.50. The van der Waals surface area contributed by atoms with Gasteiger partial charge < -0.3 is 10.1 Å². The molecule has 1 aliphatic rings. The fraction of sp³-hybridized carbons (Fsp3) is 0.692. The van der Waals surface area contributed by atoms with Crippen LogP contribution in [0.5, 0.6) is 0 Å². The molecule has 1 aromatic rings. The van der Waals surface area contributed by atoms with Crippen LogP contribution in [0, 0.1) is 0 Å². The Balaban J connectivity index is 1.62. The number of ether oxygens (including phenoxy) is 1. The summed E-state index contributed by atoms with van der Waals surface area (Å²) in [6.07, 6.45) is 1.24. The molecule has 0 bridgehead atoms. The Bertz CT molecular complexity index is 377. The van der Waals surface area contributed by atoms with Crippen LogP contribution in [0.2, 0.25) is 0 Å². The highest BCUT2D eigenvalue weighted by Crippen LogP contribution is 2.05. The number of hydrogen-bond acceptors (Lipinski definition) is 5. The molecule has 2 rings (SSSR count). The highest BCUT2D eigenvalue weighted by Gasteiger charge is 2.17. The minimum Gasteiger partial charge on any atom is -0.379 e. The Hall–Kier alpha value is -0.980. The van der Waals surface area contributed by atoms with Gasteiger partial charge in [-0.25, -0.2) is 4.98 Å². The van der Waals surface area contributed by atoms with E-state index in [-0.39, 0.29) is 5.91 Å². The van der Waals surface area contributed by atoms with Gasteiger partial charge in [0.2, 0.25) is 5.91 Å². The number of nitrogens with one attached hydrogen (secondary N) is 1. The van der Waals surface area contributed by atoms with Gasteiger partial charge in [-0.3, -0.25) is 9.69 Å². The molecule has 1 aliphatic heterocycles. The van der Waals surface area contributed by atoms with Gasteiger partial charge in [0.15, 0.2) is 0 Å². The van der Waals surface area contributed by atoms with Gasteiger partial charge in [-0.2, -0.15) is 0 Å². The van der Waals surface area contributed by atoms with E-state index in [9.17, 15) is 4.79 Å². The van der Waals surface area contributed by atoms with E-state index in [0.29, 0.717) is 19.0 Å². The highest BCUT2D eigenvalue weighted by molar-refractivity contribution is 7.07. The predicted octanol–water partition coefficient (Wildman–Crippen LogP) is 0.913. The van der Waals surface area contributed by atoms with Crippen molar-refractivity contribution in [2.45, 2.75) is 25.8 Å². The van der Waals surface area contributed by atoms with Crippen molar-refractivity contribution in [2.75, 3.05) is 32.8 Å². The smallest absolute Gasteiger partial charge is 0.220 e. The molecular weight excluding hydrogens is 262 g/mol. The highest BCUT2D eigenvalue weighted by atomic mass is 32.1. The SMILES string of the molecule is CC(CNC(=O)CCc1cscn1)N1CCOCC1. The van der Waals surface area contributed by atoms with E-state index >= 15 is 0 Å². The van der Waals surface area contributed by atoms with Crippen molar-refractivity contribution in [1.29, 1.82) is 0 Å². The molecule has 106 valence electrons. The summed E-state index contributed by atoms with van der Waals surface area (Å²) in [4.78, 5) is 18.3. The lowest BCUT2D eigenvalue weighted by Gasteiger charge is -2.32. The summed E-state index contributed by atoms with van der Waals surface area (Å²) in [5.41, 5.74) is 2.80. The lowest BCUT2D eigenvalue weighted by Crippen LogP contribution is -2.47. The largest absolute Gasteiger partial charge is 0.379 e. The van der Waals surface area contributed by atoms with E-state index in [1.54, 1.807) is 16.8 Å². The average molecular weight is 283 g/mol. The molecule has 1 atom stereocenters. The van der Waals surface area contributed by atoms with Crippen LogP contribution in [0.25, 0.3) is 0 Å². The summed E-state index contributed by atoms with van der Waals surface area (Å²) in [5.74, 6) is 0.105. The molecule has 2 heterocycles. The summed E-state index contributed by atoms with van der Waals surface area (Å²) in [6, 6.07) is 0.368. The van der Waals surface area contributed by atoms with Crippen molar-refractivity contribution in [1.82, 2.24) is 15.2 Å². The van der Waals surface area contributed by atoms with Gasteiger partial charge in [0.25, 0.3) is 0 Å². The molecule has 5 nitrogen and oxygen atoms in total. The number of morpholine rings is 1. The maximum Gasteiger partial charge on any atom is 0.220 e. The third kappa shape index (κ3) is 4.89. The molecule has 0 spiro atoms. The van der Waals surface area contributed by atoms with Crippen LogP contribution in [0.15, 0.2) is 10.9 Å². The lowest BCUT2D eigenvalue weighted by molar-refractivity contribution is -0.121. The molecule has 1 N–H and O–H groups in total. The van der Waals surface area contributed by atoms with Gasteiger partial charge in [0.1, 0.15) is 0 Å². The van der Waals surface area contributed by atoms with Crippen molar-refractivity contribution in [3.05, 3.63) is 16.6 Å². The van der Waals surface area contributed by atoms with Gasteiger partial charge in [-0.05, 0) is 13.3 Å². The van der Waals surface area contributed by atoms with Crippen molar-refractivity contribution in [2.24, 2.45) is 0 Å². The quantitative estimate of drug-likeness (QED) is 0.843. The zero-order valence-electron chi connectivity index (χ0n) is 11.3. The summed E-state index contributed by atoms with van der Waals surface area (Å²) in [5, 5.41) is 4.99. The molecular formula is C13H21N3O2S. The second kappa shape index (κ2) is 7.57. The topological polar surface area (TPSA) is 54.5 Å². The molecule has 1 saturated heterocycles. The standard InChI is InChI=1S/C13H21N3O2S/c1-11(16-4-6-18-7-5-16)8-14-13(17)3-2-12-9-19-10-15-12/h9-11H,2-8H2,1H3,(H,14,17). The molecule has 1 amide bonds. The van der Waals surface area contributed by atoms with Crippen LogP contribution >= 0.6 is 11.3 Å². The Morgan fingerprint density at radius 1 is 1.58 bits per heavy atom. The van der Waals surface area contributed by atoms with Gasteiger partial charge in [0, 0.05) is 37.5 Å². The number of thiazole rings is 1. The second-order valence-electron chi connectivity index (χ2n) is 4.78. The monoisotopic (exact) mass is 283 g/mol. The normalized spacial score (nSPS) is 18.2. The van der Waals surface area contributed by atoms with Crippen LogP contribution in [0.1, 0.15) is 19.0 Å². The molecule has 1 fully saturated rings. The third-order valence-corrected chi connectivity index (χ3v) is 3.99. The third-order valence-electron chi connectivity index (χ3n) is 3.36. The summed E-state index contributed by atoms with van der Waals surface area (Å²) in [7, 11) is 0. The van der Waals surface area contributed by atoms with Crippen molar-refractivity contribution in [3.63, 3.8) is 0 Å². The maximum atomic E-state index is 11.7. The van der Waals surface area contributed by atoms with Gasteiger partial charge in [0.05, 0.1) is 24.4 Å². The Labute approximate surface area is 118 Å². The molecule has 0 aliphatic carbocycles. The molecule has 1 aromatic heterocycles. The number of hydrogen-bond donors (Lipinski definition) is 1. The first-order valence-electron chi connectivity index (χ1n) is 6.71. The summed E-state index contributed by atoms with van der Waals surface area (Å²) < 4.78 is 5.32. The molecule has 1 unspecified atom stereocenters. The van der Waals surface area contributed by atoms with Crippen molar-refractivity contribution < 1.29 is 9.53 Å². The Morgan fingerprint density at radius 2 is 2.37 bits per heavy atom. The van der Waals surface area contributed by atoms with Crippen LogP contribution in [0.4, 0.5) is 0 Å². The Morgan fingerprint density at radius 3 is 3.05 bits per heavy atom. The minimum absolute atomic E-state index is 0.105. The molecule has 0 radical (unpaired) electrons. The van der Waals surface area contributed by atoms with E-state index < -0.39 is 0 Å². The average Bonchev–Trinajstić information content (AvgIpc) is 2.96. The van der Waals surface area contributed by atoms with Crippen molar-refractivity contribution in [3.8, 4) is 0 Å². The number of rotatable bonds is 6. The number of carbonyl (C=O) groups is 1. The first-order valence-corrected chi connectivity index (χ1v) is 7.65. The summed E-state index contributed by atoms with van der Waals surface area (Å²) >= 11 is 1.57. The number of carbonyl (C=O) groups excluding carboxylic acids is 1. The van der Waals surface area contributed by atoms with E-state index in [4.69, 9.17) is 4.74 Å². The van der Waals surface area contributed by atoms with E-state index in [1.165, 1.54) is 0 Å². The van der Waals surface area contributed by atoms with E-state index in [0.717, 1.165) is 38.4 Å². The molecule has 6 heteroatoms. The molecule has 0 aromatic carbocycles. The molecule has 0 saturated carbocycles. The van der Waals surface area contributed by atoms with Crippen LogP contribution < -0.4 is 5.32 Å². The van der Waals surface area contributed by atoms with E-state index in [1.807, 2.05) is 5.38 Å². The summed E-state index contributed by atoms with van der Waals surface area (Å²) in [6.45, 7) is 6.35. The van der Waals surface area contributed by atoms with E-state index in [2.05, 4.69) is 22.1 Å². The number of nitrogens with zero attached hydrogens (tertiary/aromatic N) is 2. The van der Waals surface area contributed by atoms with Crippen LogP contribution in [-0.4, -0.2) is 54.7 Å². The Kier molecular flexibility index (Phi) is 5.75. The fourth-order valence-corrected chi connectivity index (χ4v) is 2.69. The first-order chi connectivity index (χ1) is 9.25. The maximum absolute atomic E-state index is 11.7. The van der Waals surface area contributed by atoms with Crippen LogP contribution in [-0.2, 0) is 16.0 Å². The van der Waals surface area contributed by atoms with Gasteiger partial charge in [-0.15, -0.1) is 11.3 Å². The van der Waals surface area contributed by atoms with Crippen molar-refractivity contribution >= 4 is 17.2 Å². The lowest BCUT2D eigenvalue weighted by atomic mass is 10.2. The zero-order chi connectivity index (χ0) is 13.5. The van der Waals surface area contributed by atoms with Gasteiger partial charge in [-0.1, -0.05) is 0 Å². The first kappa shape index (κ1) is 14.4. The number of aryl methyl sites for hydroxylation is 1. The number of amides is 1. The van der Waals surface area contributed by atoms with Crippen LogP contribution in [0.3, 0.4) is 0 Å². The minimum atomic E-state index is 0.105. The van der Waals surface area contributed by atoms with Gasteiger partial charge >= 0.3 is 0 Å². The zero-order valence-corrected chi connectivity index (χ0v) is 12.1.